The summed E-state index contributed by atoms with van der Waals surface area (Å²) in [6, 6.07) is 15.4. The number of hydrogen-bond acceptors (Lipinski definition) is 6. The van der Waals surface area contributed by atoms with Gasteiger partial charge in [-0.2, -0.15) is 4.98 Å². The van der Waals surface area contributed by atoms with Gasteiger partial charge in [0, 0.05) is 10.2 Å². The van der Waals surface area contributed by atoms with E-state index >= 15 is 0 Å². The van der Waals surface area contributed by atoms with Crippen molar-refractivity contribution in [2.24, 2.45) is 0 Å². The van der Waals surface area contributed by atoms with Gasteiger partial charge in [0.2, 0.25) is 26.6 Å². The van der Waals surface area contributed by atoms with Gasteiger partial charge in [0.1, 0.15) is 5.82 Å². The van der Waals surface area contributed by atoms with Crippen LogP contribution in [0.15, 0.2) is 84.9 Å². The van der Waals surface area contributed by atoms with Crippen molar-refractivity contribution < 1.29 is 17.2 Å². The maximum Gasteiger partial charge on any atom is 0.240 e. The number of halogens is 2. The molecule has 0 spiro atoms. The van der Waals surface area contributed by atoms with Crippen LogP contribution in [0.2, 0.25) is 0 Å². The van der Waals surface area contributed by atoms with E-state index in [1.165, 1.54) is 47.7 Å². The molecule has 0 saturated heterocycles. The molecule has 9 heteroatoms. The normalized spacial score (nSPS) is 11.5. The summed E-state index contributed by atoms with van der Waals surface area (Å²) in [4.78, 5) is 5.03. The molecule has 1 N–H and O–H groups in total. The minimum atomic E-state index is -3.94. The fourth-order valence-corrected chi connectivity index (χ4v) is 4.63. The molecule has 0 unspecified atom stereocenters. The highest BCUT2D eigenvalue weighted by Gasteiger charge is 2.29. The molecule has 0 saturated carbocycles. The smallest absolute Gasteiger partial charge is 0.240 e. The third-order valence-corrected chi connectivity index (χ3v) is 6.87. The number of oxazole rings is 1. The zero-order valence-corrected chi connectivity index (χ0v) is 17.3. The number of anilines is 2. The molecule has 0 amide bonds. The molecular weight excluding hydrogens is 467 g/mol. The fourth-order valence-electron chi connectivity index (χ4n) is 2.46. The summed E-state index contributed by atoms with van der Waals surface area (Å²) in [6.45, 7) is 0. The Morgan fingerprint density at radius 2 is 1.75 bits per heavy atom. The van der Waals surface area contributed by atoms with E-state index in [-0.39, 0.29) is 21.7 Å². The largest absolute Gasteiger partial charge is 0.418 e. The number of hydrogen-bond donors (Lipinski definition) is 1. The molecule has 0 aliphatic carbocycles. The standard InChI is InChI=1S/C19H12BrFN2O3S2/c20-12-3-9-15(10-4-12)28(24,25)19-18(22-14-7-5-13(21)6-8-14)26-17(23-19)16-2-1-11-27-16/h1-11,22H. The molecule has 2 aromatic carbocycles. The first kappa shape index (κ1) is 18.9. The maximum absolute atomic E-state index is 13.2. The van der Waals surface area contributed by atoms with Gasteiger partial charge in [-0.15, -0.1) is 11.3 Å². The first-order valence-electron chi connectivity index (χ1n) is 8.01. The molecular formula is C19H12BrFN2O3S2. The molecule has 5 nitrogen and oxygen atoms in total. The maximum atomic E-state index is 13.2. The highest BCUT2D eigenvalue weighted by Crippen LogP contribution is 2.35. The third-order valence-electron chi connectivity index (χ3n) is 3.81. The number of rotatable bonds is 5. The second-order valence-corrected chi connectivity index (χ2v) is 9.45. The van der Waals surface area contributed by atoms with E-state index in [4.69, 9.17) is 4.42 Å². The Morgan fingerprint density at radius 3 is 2.39 bits per heavy atom. The Balaban J connectivity index is 1.82. The van der Waals surface area contributed by atoms with Crippen molar-refractivity contribution in [3.63, 3.8) is 0 Å². The van der Waals surface area contributed by atoms with Crippen LogP contribution in [-0.4, -0.2) is 13.4 Å². The van der Waals surface area contributed by atoms with Crippen molar-refractivity contribution in [1.82, 2.24) is 4.98 Å². The Labute approximate surface area is 172 Å². The molecule has 2 heterocycles. The minimum absolute atomic E-state index is 0.0297. The Bertz CT molecular complexity index is 1200. The average Bonchev–Trinajstić information content (AvgIpc) is 3.34. The summed E-state index contributed by atoms with van der Waals surface area (Å²) in [6.07, 6.45) is 0. The second-order valence-electron chi connectivity index (χ2n) is 5.72. The predicted molar refractivity (Wildman–Crippen MR) is 109 cm³/mol. The molecule has 0 aliphatic rings. The van der Waals surface area contributed by atoms with Crippen LogP contribution in [-0.2, 0) is 9.84 Å². The lowest BCUT2D eigenvalue weighted by Crippen LogP contribution is -2.05. The zero-order chi connectivity index (χ0) is 19.7. The van der Waals surface area contributed by atoms with E-state index in [0.717, 1.165) is 4.47 Å². The predicted octanol–water partition coefficient (Wildman–Crippen LogP) is 5.88. The van der Waals surface area contributed by atoms with Crippen LogP contribution in [0.3, 0.4) is 0 Å². The van der Waals surface area contributed by atoms with Crippen LogP contribution < -0.4 is 5.32 Å². The highest BCUT2D eigenvalue weighted by atomic mass is 79.9. The third kappa shape index (κ3) is 3.73. The minimum Gasteiger partial charge on any atom is -0.418 e. The Hall–Kier alpha value is -2.49. The highest BCUT2D eigenvalue weighted by molar-refractivity contribution is 9.10. The number of sulfone groups is 1. The molecule has 0 fully saturated rings. The summed E-state index contributed by atoms with van der Waals surface area (Å²) in [5, 5.41) is 4.50. The number of thiophene rings is 1. The lowest BCUT2D eigenvalue weighted by molar-refractivity contribution is 0.582. The van der Waals surface area contributed by atoms with Gasteiger partial charge in [-0.05, 0) is 60.0 Å². The van der Waals surface area contributed by atoms with Gasteiger partial charge in [0.15, 0.2) is 0 Å². The number of nitrogens with one attached hydrogen (secondary N) is 1. The number of benzene rings is 2. The first-order chi connectivity index (χ1) is 13.4. The summed E-state index contributed by atoms with van der Waals surface area (Å²) in [7, 11) is -3.94. The SMILES string of the molecule is O=S(=O)(c1ccc(Br)cc1)c1nc(-c2cccs2)oc1Nc1ccc(F)cc1. The summed E-state index contributed by atoms with van der Waals surface area (Å²) < 4.78 is 46.0. The van der Waals surface area contributed by atoms with Crippen molar-refractivity contribution >= 4 is 48.7 Å². The van der Waals surface area contributed by atoms with Gasteiger partial charge in [-0.25, -0.2) is 12.8 Å². The Kier molecular flexibility index (Phi) is 5.05. The lowest BCUT2D eigenvalue weighted by Gasteiger charge is -2.06. The molecule has 2 aromatic heterocycles. The van der Waals surface area contributed by atoms with Gasteiger partial charge in [0.25, 0.3) is 0 Å². The molecule has 4 aromatic rings. The Morgan fingerprint density at radius 1 is 1.04 bits per heavy atom. The van der Waals surface area contributed by atoms with Crippen LogP contribution in [0.25, 0.3) is 10.8 Å². The molecule has 28 heavy (non-hydrogen) atoms. The van der Waals surface area contributed by atoms with E-state index in [2.05, 4.69) is 26.2 Å². The van der Waals surface area contributed by atoms with Gasteiger partial charge >= 0.3 is 0 Å². The van der Waals surface area contributed by atoms with E-state index in [1.807, 2.05) is 11.4 Å². The summed E-state index contributed by atoms with van der Waals surface area (Å²) >= 11 is 4.67. The van der Waals surface area contributed by atoms with E-state index < -0.39 is 15.7 Å². The van der Waals surface area contributed by atoms with Crippen LogP contribution >= 0.6 is 27.3 Å². The molecule has 0 atom stereocenters. The molecule has 0 bridgehead atoms. The molecule has 0 aliphatic heterocycles. The van der Waals surface area contributed by atoms with Crippen molar-refractivity contribution in [2.45, 2.75) is 9.92 Å². The molecule has 0 radical (unpaired) electrons. The zero-order valence-electron chi connectivity index (χ0n) is 14.1. The van der Waals surface area contributed by atoms with Crippen molar-refractivity contribution in [3.05, 3.63) is 76.3 Å². The van der Waals surface area contributed by atoms with E-state index in [0.29, 0.717) is 10.6 Å². The van der Waals surface area contributed by atoms with Gasteiger partial charge in [-0.3, -0.25) is 0 Å². The van der Waals surface area contributed by atoms with Gasteiger partial charge in [0.05, 0.1) is 9.77 Å². The summed E-state index contributed by atoms with van der Waals surface area (Å²) in [5.74, 6) is -0.238. The van der Waals surface area contributed by atoms with Crippen molar-refractivity contribution in [3.8, 4) is 10.8 Å². The fraction of sp³-hybridized carbons (Fsp3) is 0. The number of nitrogens with zero attached hydrogens (tertiary/aromatic N) is 1. The average molecular weight is 479 g/mol. The van der Waals surface area contributed by atoms with Crippen LogP contribution in [0, 0.1) is 5.82 Å². The van der Waals surface area contributed by atoms with Crippen LogP contribution in [0.4, 0.5) is 16.0 Å². The molecule has 4 rings (SSSR count). The monoisotopic (exact) mass is 478 g/mol. The lowest BCUT2D eigenvalue weighted by atomic mass is 10.3. The first-order valence-corrected chi connectivity index (χ1v) is 11.2. The van der Waals surface area contributed by atoms with Crippen LogP contribution in [0.1, 0.15) is 0 Å². The molecule has 142 valence electrons. The van der Waals surface area contributed by atoms with E-state index in [1.54, 1.807) is 18.2 Å². The summed E-state index contributed by atoms with van der Waals surface area (Å²) in [5.41, 5.74) is 0.475. The van der Waals surface area contributed by atoms with Gasteiger partial charge < -0.3 is 9.73 Å². The second kappa shape index (κ2) is 7.50. The topological polar surface area (TPSA) is 72.2 Å². The van der Waals surface area contributed by atoms with E-state index in [9.17, 15) is 12.8 Å². The van der Waals surface area contributed by atoms with Crippen LogP contribution in [0.5, 0.6) is 0 Å². The van der Waals surface area contributed by atoms with Crippen molar-refractivity contribution in [2.75, 3.05) is 5.32 Å². The van der Waals surface area contributed by atoms with Gasteiger partial charge in [-0.1, -0.05) is 22.0 Å². The van der Waals surface area contributed by atoms with Crippen molar-refractivity contribution in [1.29, 1.82) is 0 Å². The number of aromatic nitrogens is 1. The quantitative estimate of drug-likeness (QED) is 0.387.